The SMILES string of the molecule is COc1ccc(C(=O)N/N=C/c2ccccc2OC(=O)c2sc3ccccc3c2Cl)cc1OC. The number of hydrogen-bond acceptors (Lipinski definition) is 7. The molecule has 0 radical (unpaired) electrons. The fourth-order valence-corrected chi connectivity index (χ4v) is 4.56. The normalized spacial score (nSPS) is 10.9. The van der Waals surface area contributed by atoms with Crippen LogP contribution in [-0.2, 0) is 0 Å². The van der Waals surface area contributed by atoms with Gasteiger partial charge in [-0.15, -0.1) is 11.3 Å². The van der Waals surface area contributed by atoms with Gasteiger partial charge in [-0.25, -0.2) is 10.2 Å². The van der Waals surface area contributed by atoms with Gasteiger partial charge in [0.05, 0.1) is 25.5 Å². The molecule has 4 rings (SSSR count). The van der Waals surface area contributed by atoms with Crippen molar-refractivity contribution >= 4 is 51.1 Å². The number of thiophene rings is 1. The van der Waals surface area contributed by atoms with E-state index in [1.54, 1.807) is 42.5 Å². The van der Waals surface area contributed by atoms with Crippen LogP contribution in [0.3, 0.4) is 0 Å². The molecule has 1 aromatic heterocycles. The molecule has 0 atom stereocenters. The summed E-state index contributed by atoms with van der Waals surface area (Å²) in [5.41, 5.74) is 3.29. The van der Waals surface area contributed by atoms with Gasteiger partial charge in [0, 0.05) is 21.2 Å². The van der Waals surface area contributed by atoms with Crippen molar-refractivity contribution in [3.63, 3.8) is 0 Å². The Labute approximate surface area is 204 Å². The van der Waals surface area contributed by atoms with E-state index in [4.69, 9.17) is 25.8 Å². The number of nitrogens with zero attached hydrogens (tertiary/aromatic N) is 1. The molecule has 4 aromatic rings. The molecule has 0 aliphatic heterocycles. The Balaban J connectivity index is 1.48. The number of amides is 1. The zero-order chi connectivity index (χ0) is 24.1. The number of halogens is 1. The lowest BCUT2D eigenvalue weighted by atomic mass is 10.2. The molecule has 1 amide bonds. The molecular weight excluding hydrogens is 476 g/mol. The van der Waals surface area contributed by atoms with Crippen molar-refractivity contribution < 1.29 is 23.8 Å². The van der Waals surface area contributed by atoms with Crippen molar-refractivity contribution in [3.05, 3.63) is 87.8 Å². The lowest BCUT2D eigenvalue weighted by Gasteiger charge is -2.09. The van der Waals surface area contributed by atoms with Crippen molar-refractivity contribution in [2.75, 3.05) is 14.2 Å². The van der Waals surface area contributed by atoms with Gasteiger partial charge >= 0.3 is 5.97 Å². The average molecular weight is 495 g/mol. The summed E-state index contributed by atoms with van der Waals surface area (Å²) in [4.78, 5) is 25.6. The summed E-state index contributed by atoms with van der Waals surface area (Å²) in [7, 11) is 3.00. The first kappa shape index (κ1) is 23.3. The molecule has 34 heavy (non-hydrogen) atoms. The van der Waals surface area contributed by atoms with Crippen molar-refractivity contribution in [3.8, 4) is 17.2 Å². The fourth-order valence-electron chi connectivity index (χ4n) is 3.17. The quantitative estimate of drug-likeness (QED) is 0.157. The first-order valence-corrected chi connectivity index (χ1v) is 11.2. The minimum Gasteiger partial charge on any atom is -0.493 e. The van der Waals surface area contributed by atoms with Crippen molar-refractivity contribution in [1.29, 1.82) is 0 Å². The van der Waals surface area contributed by atoms with Crippen molar-refractivity contribution in [2.24, 2.45) is 5.10 Å². The van der Waals surface area contributed by atoms with Crippen LogP contribution in [-0.4, -0.2) is 32.3 Å². The van der Waals surface area contributed by atoms with Gasteiger partial charge in [0.15, 0.2) is 11.5 Å². The Morgan fingerprint density at radius 2 is 1.68 bits per heavy atom. The minimum atomic E-state index is -0.568. The highest BCUT2D eigenvalue weighted by atomic mass is 35.5. The van der Waals surface area contributed by atoms with Gasteiger partial charge in [-0.05, 0) is 36.4 Å². The predicted molar refractivity (Wildman–Crippen MR) is 133 cm³/mol. The fraction of sp³-hybridized carbons (Fsp3) is 0.0800. The van der Waals surface area contributed by atoms with Crippen LogP contribution in [0.2, 0.25) is 5.02 Å². The predicted octanol–water partition coefficient (Wildman–Crippen LogP) is 5.56. The maximum absolute atomic E-state index is 12.8. The molecule has 1 heterocycles. The van der Waals surface area contributed by atoms with Crippen LogP contribution in [0.4, 0.5) is 0 Å². The number of carbonyl (C=O) groups is 2. The molecule has 9 heteroatoms. The van der Waals surface area contributed by atoms with Crippen LogP contribution >= 0.6 is 22.9 Å². The van der Waals surface area contributed by atoms with Crippen LogP contribution in [0, 0.1) is 0 Å². The number of fused-ring (bicyclic) bond motifs is 1. The summed E-state index contributed by atoms with van der Waals surface area (Å²) in [6.07, 6.45) is 1.40. The zero-order valence-corrected chi connectivity index (χ0v) is 19.8. The number of benzene rings is 3. The first-order chi connectivity index (χ1) is 16.5. The van der Waals surface area contributed by atoms with Gasteiger partial charge in [-0.3, -0.25) is 4.79 Å². The molecule has 0 saturated carbocycles. The van der Waals surface area contributed by atoms with E-state index in [9.17, 15) is 9.59 Å². The van der Waals surface area contributed by atoms with Gasteiger partial charge in [0.2, 0.25) is 0 Å². The molecule has 0 saturated heterocycles. The number of methoxy groups -OCH3 is 2. The molecule has 0 bridgehead atoms. The van der Waals surface area contributed by atoms with E-state index in [-0.39, 0.29) is 5.75 Å². The van der Waals surface area contributed by atoms with Crippen LogP contribution in [0.25, 0.3) is 10.1 Å². The second kappa shape index (κ2) is 10.4. The lowest BCUT2D eigenvalue weighted by Crippen LogP contribution is -2.18. The van der Waals surface area contributed by atoms with E-state index in [0.717, 1.165) is 10.1 Å². The maximum Gasteiger partial charge on any atom is 0.355 e. The van der Waals surface area contributed by atoms with E-state index >= 15 is 0 Å². The van der Waals surface area contributed by atoms with Gasteiger partial charge in [0.25, 0.3) is 5.91 Å². The maximum atomic E-state index is 12.8. The lowest BCUT2D eigenvalue weighted by molar-refractivity contribution is 0.0739. The molecule has 3 aromatic carbocycles. The number of hydrazone groups is 1. The monoisotopic (exact) mass is 494 g/mol. The largest absolute Gasteiger partial charge is 0.493 e. The van der Waals surface area contributed by atoms with Gasteiger partial charge < -0.3 is 14.2 Å². The number of esters is 1. The Morgan fingerprint density at radius 3 is 2.44 bits per heavy atom. The van der Waals surface area contributed by atoms with Gasteiger partial charge in [0.1, 0.15) is 10.6 Å². The van der Waals surface area contributed by atoms with Crippen LogP contribution < -0.4 is 19.6 Å². The molecule has 7 nitrogen and oxygen atoms in total. The van der Waals surface area contributed by atoms with E-state index in [0.29, 0.717) is 32.5 Å². The molecule has 0 fully saturated rings. The van der Waals surface area contributed by atoms with Crippen molar-refractivity contribution in [1.82, 2.24) is 5.43 Å². The number of carbonyl (C=O) groups excluding carboxylic acids is 2. The van der Waals surface area contributed by atoms with Crippen LogP contribution in [0.5, 0.6) is 17.2 Å². The first-order valence-electron chi connectivity index (χ1n) is 10.1. The zero-order valence-electron chi connectivity index (χ0n) is 18.2. The molecule has 0 unspecified atom stereocenters. The smallest absolute Gasteiger partial charge is 0.355 e. The molecule has 0 aliphatic carbocycles. The van der Waals surface area contributed by atoms with E-state index in [2.05, 4.69) is 10.5 Å². The van der Waals surface area contributed by atoms with Crippen LogP contribution in [0.15, 0.2) is 71.8 Å². The van der Waals surface area contributed by atoms with Gasteiger partial charge in [-0.2, -0.15) is 5.10 Å². The standard InChI is InChI=1S/C25H19ClN2O5S/c1-31-19-12-11-15(13-20(19)32-2)24(29)28-27-14-16-7-3-5-9-18(16)33-25(30)23-22(26)17-8-4-6-10-21(17)34-23/h3-14H,1-2H3,(H,28,29)/b27-14+. The molecule has 1 N–H and O–H groups in total. The van der Waals surface area contributed by atoms with E-state index < -0.39 is 11.9 Å². The second-order valence-corrected chi connectivity index (χ2v) is 8.37. The summed E-state index contributed by atoms with van der Waals surface area (Å²) in [5.74, 6) is 0.212. The Hall–Kier alpha value is -3.88. The van der Waals surface area contributed by atoms with Gasteiger partial charge in [-0.1, -0.05) is 41.9 Å². The summed E-state index contributed by atoms with van der Waals surface area (Å²) in [6, 6.07) is 19.1. The highest BCUT2D eigenvalue weighted by molar-refractivity contribution is 7.21. The second-order valence-electron chi connectivity index (χ2n) is 6.94. The third-order valence-electron chi connectivity index (χ3n) is 4.86. The third-order valence-corrected chi connectivity index (χ3v) is 6.51. The molecule has 172 valence electrons. The average Bonchev–Trinajstić information content (AvgIpc) is 3.21. The number of ether oxygens (including phenoxy) is 3. The summed E-state index contributed by atoms with van der Waals surface area (Å²) >= 11 is 7.66. The number of rotatable bonds is 7. The Morgan fingerprint density at radius 1 is 0.941 bits per heavy atom. The molecule has 0 spiro atoms. The minimum absolute atomic E-state index is 0.283. The third kappa shape index (κ3) is 4.88. The molecule has 0 aliphatic rings. The summed E-state index contributed by atoms with van der Waals surface area (Å²) in [5, 5.41) is 5.16. The van der Waals surface area contributed by atoms with Crippen molar-refractivity contribution in [2.45, 2.75) is 0 Å². The summed E-state index contributed by atoms with van der Waals surface area (Å²) in [6.45, 7) is 0. The summed E-state index contributed by atoms with van der Waals surface area (Å²) < 4.78 is 16.9. The van der Waals surface area contributed by atoms with Crippen LogP contribution in [0.1, 0.15) is 25.6 Å². The Kier molecular flexibility index (Phi) is 7.10. The van der Waals surface area contributed by atoms with E-state index in [1.165, 1.54) is 31.8 Å². The highest BCUT2D eigenvalue weighted by Gasteiger charge is 2.19. The van der Waals surface area contributed by atoms with E-state index in [1.807, 2.05) is 24.3 Å². The Bertz CT molecular complexity index is 1400. The number of para-hydroxylation sites is 1. The highest BCUT2D eigenvalue weighted by Crippen LogP contribution is 2.36. The topological polar surface area (TPSA) is 86.2 Å². The number of hydrogen-bond donors (Lipinski definition) is 1. The number of nitrogens with one attached hydrogen (secondary N) is 1. The molecular formula is C25H19ClN2O5S.